The number of nitrogens with one attached hydrogen (secondary N) is 1. The first-order chi connectivity index (χ1) is 11.7. The second-order valence-corrected chi connectivity index (χ2v) is 5.43. The Morgan fingerprint density at radius 3 is 2.46 bits per heavy atom. The van der Waals surface area contributed by atoms with Gasteiger partial charge in [0.15, 0.2) is 16.6 Å². The van der Waals surface area contributed by atoms with Crippen LogP contribution in [-0.4, -0.2) is 25.2 Å². The molecule has 0 aromatic heterocycles. The second-order valence-electron chi connectivity index (χ2n) is 5.05. The van der Waals surface area contributed by atoms with Crippen LogP contribution in [-0.2, 0) is 4.79 Å². The first-order valence-electron chi connectivity index (χ1n) is 7.29. The summed E-state index contributed by atoms with van der Waals surface area (Å²) in [6, 6.07) is 14.7. The van der Waals surface area contributed by atoms with Crippen molar-refractivity contribution in [1.82, 2.24) is 5.32 Å². The van der Waals surface area contributed by atoms with Crippen molar-refractivity contribution in [2.75, 3.05) is 19.1 Å². The molecular formula is C18H16N2O3S. The van der Waals surface area contributed by atoms with Gasteiger partial charge in [-0.15, -0.1) is 0 Å². The molecular weight excluding hydrogens is 324 g/mol. The highest BCUT2D eigenvalue weighted by Gasteiger charge is 2.32. The van der Waals surface area contributed by atoms with Crippen LogP contribution in [0.2, 0.25) is 0 Å². The number of ether oxygens (including phenoxy) is 2. The molecule has 1 amide bonds. The number of rotatable bonds is 4. The average Bonchev–Trinajstić information content (AvgIpc) is 2.89. The van der Waals surface area contributed by atoms with E-state index in [1.807, 2.05) is 42.5 Å². The molecule has 0 atom stereocenters. The van der Waals surface area contributed by atoms with Gasteiger partial charge in [-0.05, 0) is 36.5 Å². The van der Waals surface area contributed by atoms with Crippen LogP contribution in [0.15, 0.2) is 54.2 Å². The molecule has 0 unspecified atom stereocenters. The van der Waals surface area contributed by atoms with Crippen molar-refractivity contribution < 1.29 is 14.3 Å². The molecule has 2 aromatic carbocycles. The van der Waals surface area contributed by atoms with Gasteiger partial charge in [-0.2, -0.15) is 0 Å². The highest BCUT2D eigenvalue weighted by Crippen LogP contribution is 2.33. The Kier molecular flexibility index (Phi) is 4.48. The van der Waals surface area contributed by atoms with E-state index in [-0.39, 0.29) is 5.91 Å². The second kappa shape index (κ2) is 6.72. The summed E-state index contributed by atoms with van der Waals surface area (Å²) in [5, 5.41) is 3.31. The first-order valence-corrected chi connectivity index (χ1v) is 7.69. The maximum absolute atomic E-state index is 12.7. The SMILES string of the molecule is COc1cccc(/C=C2\NC(=S)N(c3ccccc3)C2=O)c1OC. The Morgan fingerprint density at radius 1 is 1.04 bits per heavy atom. The molecule has 122 valence electrons. The van der Waals surface area contributed by atoms with Gasteiger partial charge < -0.3 is 14.8 Å². The van der Waals surface area contributed by atoms with Crippen LogP contribution in [0.5, 0.6) is 11.5 Å². The van der Waals surface area contributed by atoms with Gasteiger partial charge in [0.2, 0.25) is 0 Å². The summed E-state index contributed by atoms with van der Waals surface area (Å²) < 4.78 is 10.7. The lowest BCUT2D eigenvalue weighted by molar-refractivity contribution is -0.113. The zero-order valence-corrected chi connectivity index (χ0v) is 14.1. The quantitative estimate of drug-likeness (QED) is 0.685. The molecule has 0 bridgehead atoms. The highest BCUT2D eigenvalue weighted by molar-refractivity contribution is 7.80. The van der Waals surface area contributed by atoms with E-state index in [1.54, 1.807) is 26.4 Å². The molecule has 5 nitrogen and oxygen atoms in total. The number of carbonyl (C=O) groups is 1. The normalized spacial score (nSPS) is 15.6. The number of hydrogen-bond donors (Lipinski definition) is 1. The van der Waals surface area contributed by atoms with Gasteiger partial charge in [0.05, 0.1) is 19.9 Å². The predicted molar refractivity (Wildman–Crippen MR) is 97.2 cm³/mol. The van der Waals surface area contributed by atoms with E-state index >= 15 is 0 Å². The van der Waals surface area contributed by atoms with Gasteiger partial charge >= 0.3 is 0 Å². The summed E-state index contributed by atoms with van der Waals surface area (Å²) in [5.74, 6) is 0.946. The lowest BCUT2D eigenvalue weighted by atomic mass is 10.1. The molecule has 24 heavy (non-hydrogen) atoms. The third-order valence-corrected chi connectivity index (χ3v) is 3.91. The van der Waals surface area contributed by atoms with Crippen molar-refractivity contribution in [3.05, 3.63) is 59.8 Å². The fourth-order valence-corrected chi connectivity index (χ4v) is 2.83. The van der Waals surface area contributed by atoms with Crippen molar-refractivity contribution in [3.8, 4) is 11.5 Å². The predicted octanol–water partition coefficient (Wildman–Crippen LogP) is 2.97. The summed E-state index contributed by atoms with van der Waals surface area (Å²) in [6.07, 6.45) is 1.71. The largest absolute Gasteiger partial charge is 0.493 e. The summed E-state index contributed by atoms with van der Waals surface area (Å²) in [5.41, 5.74) is 1.84. The highest BCUT2D eigenvalue weighted by atomic mass is 32.1. The van der Waals surface area contributed by atoms with E-state index in [0.29, 0.717) is 22.3 Å². The zero-order chi connectivity index (χ0) is 17.1. The van der Waals surface area contributed by atoms with Gasteiger partial charge in [0.25, 0.3) is 5.91 Å². The van der Waals surface area contributed by atoms with Gasteiger partial charge in [-0.1, -0.05) is 30.3 Å². The third kappa shape index (κ3) is 2.83. The number of nitrogens with zero attached hydrogens (tertiary/aromatic N) is 1. The number of thiocarbonyl (C=S) groups is 1. The van der Waals surface area contributed by atoms with E-state index < -0.39 is 0 Å². The lowest BCUT2D eigenvalue weighted by Crippen LogP contribution is -2.30. The Balaban J connectivity index is 1.98. The summed E-state index contributed by atoms with van der Waals surface area (Å²) in [4.78, 5) is 14.2. The van der Waals surface area contributed by atoms with Crippen LogP contribution >= 0.6 is 12.2 Å². The molecule has 0 spiro atoms. The Bertz CT molecular complexity index is 818. The minimum absolute atomic E-state index is 0.212. The molecule has 1 aliphatic heterocycles. The number of para-hydroxylation sites is 2. The first kappa shape index (κ1) is 16.0. The number of carbonyl (C=O) groups excluding carboxylic acids is 1. The molecule has 1 heterocycles. The molecule has 0 radical (unpaired) electrons. The van der Waals surface area contributed by atoms with Crippen LogP contribution in [0, 0.1) is 0 Å². The smallest absolute Gasteiger partial charge is 0.281 e. The van der Waals surface area contributed by atoms with Crippen molar-refractivity contribution in [2.24, 2.45) is 0 Å². The number of amides is 1. The zero-order valence-electron chi connectivity index (χ0n) is 13.3. The standard InChI is InChI=1S/C18H16N2O3S/c1-22-15-10-6-7-12(16(15)23-2)11-14-17(21)20(18(24)19-14)13-8-4-3-5-9-13/h3-11H,1-2H3,(H,19,24)/b14-11-. The number of hydrogen-bond acceptors (Lipinski definition) is 4. The maximum Gasteiger partial charge on any atom is 0.281 e. The number of anilines is 1. The summed E-state index contributed by atoms with van der Waals surface area (Å²) in [6.45, 7) is 0. The molecule has 0 aliphatic carbocycles. The molecule has 1 fully saturated rings. The minimum atomic E-state index is -0.212. The van der Waals surface area contributed by atoms with Gasteiger partial charge in [0.1, 0.15) is 5.70 Å². The van der Waals surface area contributed by atoms with Crippen molar-refractivity contribution in [2.45, 2.75) is 0 Å². The summed E-state index contributed by atoms with van der Waals surface area (Å²) >= 11 is 5.30. The molecule has 2 aromatic rings. The fourth-order valence-electron chi connectivity index (χ4n) is 2.53. The van der Waals surface area contributed by atoms with Crippen LogP contribution in [0.3, 0.4) is 0 Å². The number of methoxy groups -OCH3 is 2. The number of benzene rings is 2. The Hall–Kier alpha value is -2.86. The van der Waals surface area contributed by atoms with Crippen molar-refractivity contribution in [3.63, 3.8) is 0 Å². The topological polar surface area (TPSA) is 50.8 Å². The maximum atomic E-state index is 12.7. The third-order valence-electron chi connectivity index (χ3n) is 3.63. The molecule has 1 aliphatic rings. The van der Waals surface area contributed by atoms with Gasteiger partial charge in [0, 0.05) is 5.56 Å². The molecule has 3 rings (SSSR count). The van der Waals surface area contributed by atoms with Crippen LogP contribution < -0.4 is 19.7 Å². The van der Waals surface area contributed by atoms with E-state index in [1.165, 1.54) is 4.90 Å². The summed E-state index contributed by atoms with van der Waals surface area (Å²) in [7, 11) is 3.13. The van der Waals surface area contributed by atoms with Crippen LogP contribution in [0.1, 0.15) is 5.56 Å². The van der Waals surface area contributed by atoms with E-state index in [2.05, 4.69) is 5.32 Å². The lowest BCUT2D eigenvalue weighted by Gasteiger charge is -2.13. The molecule has 6 heteroatoms. The monoisotopic (exact) mass is 340 g/mol. The van der Waals surface area contributed by atoms with Gasteiger partial charge in [-0.25, -0.2) is 0 Å². The average molecular weight is 340 g/mol. The van der Waals surface area contributed by atoms with Crippen molar-refractivity contribution in [1.29, 1.82) is 0 Å². The van der Waals surface area contributed by atoms with E-state index in [9.17, 15) is 4.79 Å². The molecule has 1 saturated heterocycles. The fraction of sp³-hybridized carbons (Fsp3) is 0.111. The van der Waals surface area contributed by atoms with E-state index in [4.69, 9.17) is 21.7 Å². The van der Waals surface area contributed by atoms with E-state index in [0.717, 1.165) is 11.3 Å². The van der Waals surface area contributed by atoms with Gasteiger partial charge in [-0.3, -0.25) is 9.69 Å². The molecule has 0 saturated carbocycles. The Morgan fingerprint density at radius 2 is 1.79 bits per heavy atom. The Labute approximate surface area is 145 Å². The van der Waals surface area contributed by atoms with Crippen LogP contribution in [0.25, 0.3) is 6.08 Å². The van der Waals surface area contributed by atoms with Crippen molar-refractivity contribution >= 4 is 35.0 Å². The molecule has 1 N–H and O–H groups in total. The minimum Gasteiger partial charge on any atom is -0.493 e. The van der Waals surface area contributed by atoms with Crippen LogP contribution in [0.4, 0.5) is 5.69 Å².